The Labute approximate surface area is 96.4 Å². The molecule has 0 saturated heterocycles. The number of rotatable bonds is 3. The van der Waals surface area contributed by atoms with Crippen molar-refractivity contribution in [1.82, 2.24) is 0 Å². The average molecular weight is 212 g/mol. The van der Waals surface area contributed by atoms with E-state index in [4.69, 9.17) is 4.74 Å². The van der Waals surface area contributed by atoms with Crippen molar-refractivity contribution in [3.05, 3.63) is 54.6 Å². The molecule has 1 aromatic carbocycles. The van der Waals surface area contributed by atoms with Crippen LogP contribution >= 0.6 is 0 Å². The van der Waals surface area contributed by atoms with Gasteiger partial charge in [-0.1, -0.05) is 49.1 Å². The highest BCUT2D eigenvalue weighted by molar-refractivity contribution is 5.57. The molecule has 2 bridgehead atoms. The molecule has 2 aliphatic rings. The minimum Gasteiger partial charge on any atom is -0.490 e. The van der Waals surface area contributed by atoms with Gasteiger partial charge in [0, 0.05) is 11.5 Å². The van der Waals surface area contributed by atoms with Crippen LogP contribution in [0.3, 0.4) is 0 Å². The molecule has 3 unspecified atom stereocenters. The summed E-state index contributed by atoms with van der Waals surface area (Å²) in [5, 5.41) is 0. The van der Waals surface area contributed by atoms with E-state index in [1.807, 2.05) is 30.3 Å². The molecule has 0 N–H and O–H groups in total. The summed E-state index contributed by atoms with van der Waals surface area (Å²) in [6.45, 7) is 4.03. The van der Waals surface area contributed by atoms with E-state index in [1.54, 1.807) is 0 Å². The molecule has 3 rings (SSSR count). The average Bonchev–Trinajstić information content (AvgIpc) is 2.92. The maximum atomic E-state index is 5.99. The third-order valence-corrected chi connectivity index (χ3v) is 3.61. The van der Waals surface area contributed by atoms with Crippen LogP contribution in [-0.2, 0) is 4.74 Å². The van der Waals surface area contributed by atoms with Crippen molar-refractivity contribution in [3.63, 3.8) is 0 Å². The van der Waals surface area contributed by atoms with Crippen molar-refractivity contribution in [1.29, 1.82) is 0 Å². The van der Waals surface area contributed by atoms with Gasteiger partial charge in [-0.25, -0.2) is 0 Å². The van der Waals surface area contributed by atoms with E-state index in [-0.39, 0.29) is 0 Å². The van der Waals surface area contributed by atoms with Crippen LogP contribution in [0.25, 0.3) is 5.76 Å². The summed E-state index contributed by atoms with van der Waals surface area (Å²) in [6, 6.07) is 10.1. The van der Waals surface area contributed by atoms with E-state index in [0.717, 1.165) is 23.7 Å². The van der Waals surface area contributed by atoms with E-state index in [2.05, 4.69) is 18.7 Å². The normalized spacial score (nSPS) is 30.6. The highest BCUT2D eigenvalue weighted by Gasteiger charge is 2.37. The van der Waals surface area contributed by atoms with Gasteiger partial charge in [-0.05, 0) is 18.8 Å². The van der Waals surface area contributed by atoms with Gasteiger partial charge in [0.25, 0.3) is 0 Å². The summed E-state index contributed by atoms with van der Waals surface area (Å²) in [5.41, 5.74) is 1.09. The number of fused-ring (bicyclic) bond motifs is 2. The lowest BCUT2D eigenvalue weighted by Crippen LogP contribution is -2.17. The van der Waals surface area contributed by atoms with Crippen molar-refractivity contribution < 1.29 is 4.74 Å². The monoisotopic (exact) mass is 212 g/mol. The summed E-state index contributed by atoms with van der Waals surface area (Å²) in [6.07, 6.45) is 7.41. The molecule has 0 heterocycles. The van der Waals surface area contributed by atoms with Crippen LogP contribution in [0.1, 0.15) is 18.4 Å². The van der Waals surface area contributed by atoms with Gasteiger partial charge in [0.05, 0.1) is 0 Å². The number of hydrogen-bond acceptors (Lipinski definition) is 1. The van der Waals surface area contributed by atoms with Crippen LogP contribution in [0.2, 0.25) is 0 Å². The minimum atomic E-state index is 0.350. The second-order valence-electron chi connectivity index (χ2n) is 4.73. The van der Waals surface area contributed by atoms with Gasteiger partial charge < -0.3 is 4.74 Å². The molecule has 1 nitrogen and oxygen atoms in total. The number of ether oxygens (including phenoxy) is 1. The Hall–Kier alpha value is -1.50. The predicted octanol–water partition coefficient (Wildman–Crippen LogP) is 3.64. The summed E-state index contributed by atoms with van der Waals surface area (Å²) in [5.74, 6) is 2.18. The highest BCUT2D eigenvalue weighted by atomic mass is 16.5. The van der Waals surface area contributed by atoms with Crippen molar-refractivity contribution in [2.45, 2.75) is 18.9 Å². The molecular formula is C15H16O. The van der Waals surface area contributed by atoms with E-state index in [9.17, 15) is 0 Å². The molecule has 1 fully saturated rings. The lowest BCUT2D eigenvalue weighted by Gasteiger charge is -2.21. The van der Waals surface area contributed by atoms with Crippen molar-refractivity contribution in [3.8, 4) is 0 Å². The van der Waals surface area contributed by atoms with E-state index in [0.29, 0.717) is 12.0 Å². The third-order valence-electron chi connectivity index (χ3n) is 3.61. The Kier molecular flexibility index (Phi) is 2.32. The molecule has 1 saturated carbocycles. The van der Waals surface area contributed by atoms with E-state index < -0.39 is 0 Å². The molecule has 0 radical (unpaired) electrons. The molecule has 0 aliphatic heterocycles. The lowest BCUT2D eigenvalue weighted by molar-refractivity contribution is 0.142. The van der Waals surface area contributed by atoms with E-state index in [1.165, 1.54) is 6.42 Å². The van der Waals surface area contributed by atoms with Gasteiger partial charge in [0.2, 0.25) is 0 Å². The molecule has 1 heteroatoms. The molecule has 3 atom stereocenters. The van der Waals surface area contributed by atoms with Crippen LogP contribution in [0.5, 0.6) is 0 Å². The molecular weight excluding hydrogens is 196 g/mol. The smallest absolute Gasteiger partial charge is 0.119 e. The Bertz CT molecular complexity index is 418. The Morgan fingerprint density at radius 2 is 1.94 bits per heavy atom. The zero-order chi connectivity index (χ0) is 11.0. The first-order valence-corrected chi connectivity index (χ1v) is 5.92. The van der Waals surface area contributed by atoms with Gasteiger partial charge in [0.15, 0.2) is 0 Å². The second-order valence-corrected chi connectivity index (χ2v) is 4.73. The minimum absolute atomic E-state index is 0.350. The van der Waals surface area contributed by atoms with Crippen LogP contribution in [0.4, 0.5) is 0 Å². The Morgan fingerprint density at radius 1 is 1.12 bits per heavy atom. The number of benzene rings is 1. The van der Waals surface area contributed by atoms with Crippen LogP contribution in [0, 0.1) is 11.8 Å². The lowest BCUT2D eigenvalue weighted by atomic mass is 10.0. The molecule has 82 valence electrons. The van der Waals surface area contributed by atoms with Gasteiger partial charge in [-0.3, -0.25) is 0 Å². The fourth-order valence-electron chi connectivity index (χ4n) is 2.74. The zero-order valence-electron chi connectivity index (χ0n) is 9.30. The summed E-state index contributed by atoms with van der Waals surface area (Å²) in [7, 11) is 0. The topological polar surface area (TPSA) is 9.23 Å². The zero-order valence-corrected chi connectivity index (χ0v) is 9.30. The van der Waals surface area contributed by atoms with Gasteiger partial charge in [-0.15, -0.1) is 0 Å². The molecule has 1 aromatic rings. The summed E-state index contributed by atoms with van der Waals surface area (Å²) < 4.78 is 5.99. The van der Waals surface area contributed by atoms with Crippen molar-refractivity contribution in [2.24, 2.45) is 11.8 Å². The van der Waals surface area contributed by atoms with Crippen molar-refractivity contribution in [2.75, 3.05) is 0 Å². The Morgan fingerprint density at radius 3 is 2.56 bits per heavy atom. The fraction of sp³-hybridized carbons (Fsp3) is 0.333. The van der Waals surface area contributed by atoms with Crippen LogP contribution < -0.4 is 0 Å². The first-order valence-electron chi connectivity index (χ1n) is 5.92. The second kappa shape index (κ2) is 3.82. The highest BCUT2D eigenvalue weighted by Crippen LogP contribution is 2.42. The molecule has 2 aliphatic carbocycles. The maximum absolute atomic E-state index is 5.99. The predicted molar refractivity (Wildman–Crippen MR) is 65.7 cm³/mol. The Balaban J connectivity index is 1.68. The fourth-order valence-corrected chi connectivity index (χ4v) is 2.74. The van der Waals surface area contributed by atoms with Crippen molar-refractivity contribution >= 4 is 5.76 Å². The van der Waals surface area contributed by atoms with Gasteiger partial charge in [-0.2, -0.15) is 0 Å². The third kappa shape index (κ3) is 1.67. The summed E-state index contributed by atoms with van der Waals surface area (Å²) in [4.78, 5) is 0. The van der Waals surface area contributed by atoms with Crippen LogP contribution in [-0.4, -0.2) is 6.10 Å². The quantitative estimate of drug-likeness (QED) is 0.549. The molecule has 0 spiro atoms. The molecule has 16 heavy (non-hydrogen) atoms. The largest absolute Gasteiger partial charge is 0.490 e. The number of allylic oxidation sites excluding steroid dienone is 1. The van der Waals surface area contributed by atoms with Crippen LogP contribution in [0.15, 0.2) is 49.1 Å². The standard InChI is InChI=1S/C15H16O/c1-11(13-5-3-2-4-6-13)16-15-10-12-7-8-14(15)9-12/h2-8,12,14-15H,1,9-10H2. The number of hydrogen-bond donors (Lipinski definition) is 0. The SMILES string of the molecule is C=C(OC1CC2C=CC1C2)c1ccccc1. The first kappa shape index (κ1) is 9.71. The summed E-state index contributed by atoms with van der Waals surface area (Å²) >= 11 is 0. The maximum Gasteiger partial charge on any atom is 0.119 e. The van der Waals surface area contributed by atoms with Gasteiger partial charge in [0.1, 0.15) is 11.9 Å². The molecule has 0 amide bonds. The molecule has 0 aromatic heterocycles. The van der Waals surface area contributed by atoms with E-state index >= 15 is 0 Å². The first-order chi connectivity index (χ1) is 7.83. The van der Waals surface area contributed by atoms with Gasteiger partial charge >= 0.3 is 0 Å².